The van der Waals surface area contributed by atoms with E-state index in [-0.39, 0.29) is 55.6 Å². The van der Waals surface area contributed by atoms with E-state index in [0.717, 1.165) is 0 Å². The molecule has 1 N–H and O–H groups in total. The summed E-state index contributed by atoms with van der Waals surface area (Å²) in [6.07, 6.45) is 1.47. The molecule has 4 rings (SSSR count). The minimum atomic E-state index is -0.552. The number of halogens is 2. The van der Waals surface area contributed by atoms with Crippen molar-refractivity contribution in [2.75, 3.05) is 26.6 Å². The zero-order chi connectivity index (χ0) is 26.1. The zero-order valence-electron chi connectivity index (χ0n) is 19.5. The number of aryl methyl sites for hydroxylation is 1. The minimum Gasteiger partial charge on any atom is -0.496 e. The van der Waals surface area contributed by atoms with E-state index in [4.69, 9.17) is 37.4 Å². The molecule has 0 unspecified atom stereocenters. The number of ether oxygens (including phenoxy) is 3. The van der Waals surface area contributed by atoms with Gasteiger partial charge in [-0.3, -0.25) is 19.5 Å². The van der Waals surface area contributed by atoms with Gasteiger partial charge in [-0.05, 0) is 18.2 Å². The number of nitro benzene ring substituents is 1. The van der Waals surface area contributed by atoms with E-state index in [1.165, 1.54) is 57.3 Å². The molecule has 0 radical (unpaired) electrons. The molecule has 0 bridgehead atoms. The van der Waals surface area contributed by atoms with Gasteiger partial charge in [0, 0.05) is 30.3 Å². The Hall–Kier alpha value is -4.09. The molecular formula is C23H19Cl2N5O6. The van der Waals surface area contributed by atoms with E-state index in [1.807, 2.05) is 0 Å². The summed E-state index contributed by atoms with van der Waals surface area (Å²) in [4.78, 5) is 32.9. The molecule has 0 saturated carbocycles. The van der Waals surface area contributed by atoms with Gasteiger partial charge in [-0.15, -0.1) is 0 Å². The maximum Gasteiger partial charge on any atom is 0.296 e. The second-order valence-electron chi connectivity index (χ2n) is 7.44. The molecule has 0 saturated heterocycles. The molecule has 0 aliphatic rings. The van der Waals surface area contributed by atoms with E-state index in [0.29, 0.717) is 11.1 Å². The summed E-state index contributed by atoms with van der Waals surface area (Å²) in [7, 11) is 5.81. The van der Waals surface area contributed by atoms with Crippen molar-refractivity contribution in [1.29, 1.82) is 0 Å². The van der Waals surface area contributed by atoms with Gasteiger partial charge in [-0.1, -0.05) is 23.2 Å². The molecule has 2 aromatic carbocycles. The van der Waals surface area contributed by atoms with E-state index in [1.54, 1.807) is 12.1 Å². The van der Waals surface area contributed by atoms with E-state index >= 15 is 0 Å². The van der Waals surface area contributed by atoms with Gasteiger partial charge in [0.15, 0.2) is 0 Å². The summed E-state index contributed by atoms with van der Waals surface area (Å²) in [5.41, 5.74) is 0.198. The monoisotopic (exact) mass is 531 g/mol. The van der Waals surface area contributed by atoms with Gasteiger partial charge in [0.2, 0.25) is 5.95 Å². The molecule has 2 aromatic heterocycles. The first kappa shape index (κ1) is 25.0. The maximum absolute atomic E-state index is 13.4. The van der Waals surface area contributed by atoms with Crippen LogP contribution in [0.4, 0.5) is 17.3 Å². The number of nitrogens with one attached hydrogen (secondary N) is 1. The highest BCUT2D eigenvalue weighted by Gasteiger charge is 2.23. The Morgan fingerprint density at radius 3 is 2.28 bits per heavy atom. The van der Waals surface area contributed by atoms with Crippen LogP contribution in [0.15, 0.2) is 41.3 Å². The second-order valence-corrected chi connectivity index (χ2v) is 8.20. The van der Waals surface area contributed by atoms with Crippen molar-refractivity contribution in [3.8, 4) is 28.4 Å². The summed E-state index contributed by atoms with van der Waals surface area (Å²) >= 11 is 13.0. The van der Waals surface area contributed by atoms with Crippen molar-refractivity contribution in [2.24, 2.45) is 7.05 Å². The van der Waals surface area contributed by atoms with Gasteiger partial charge in [0.25, 0.3) is 11.2 Å². The summed E-state index contributed by atoms with van der Waals surface area (Å²) < 4.78 is 17.0. The number of hydrogen-bond donors (Lipinski definition) is 1. The molecule has 4 aromatic rings. The van der Waals surface area contributed by atoms with Gasteiger partial charge in [-0.25, -0.2) is 4.98 Å². The molecule has 2 heterocycles. The Kier molecular flexibility index (Phi) is 6.86. The topological polar surface area (TPSA) is 131 Å². The first-order chi connectivity index (χ1) is 17.2. The molecule has 11 nitrogen and oxygen atoms in total. The number of pyridine rings is 1. The van der Waals surface area contributed by atoms with Crippen LogP contribution in [-0.2, 0) is 7.05 Å². The van der Waals surface area contributed by atoms with Crippen molar-refractivity contribution in [1.82, 2.24) is 14.5 Å². The normalized spacial score (nSPS) is 10.8. The first-order valence-corrected chi connectivity index (χ1v) is 11.0. The van der Waals surface area contributed by atoms with E-state index in [2.05, 4.69) is 15.3 Å². The van der Waals surface area contributed by atoms with Crippen molar-refractivity contribution in [2.45, 2.75) is 0 Å². The van der Waals surface area contributed by atoms with Gasteiger partial charge < -0.3 is 19.5 Å². The van der Waals surface area contributed by atoms with Crippen LogP contribution in [0.5, 0.6) is 17.2 Å². The van der Waals surface area contributed by atoms with Gasteiger partial charge in [0.1, 0.15) is 28.6 Å². The van der Waals surface area contributed by atoms with Crippen LogP contribution in [0, 0.1) is 10.1 Å². The lowest BCUT2D eigenvalue weighted by atomic mass is 10.0. The Morgan fingerprint density at radius 2 is 1.69 bits per heavy atom. The lowest BCUT2D eigenvalue weighted by molar-refractivity contribution is -0.384. The minimum absolute atomic E-state index is 0.0534. The van der Waals surface area contributed by atoms with Crippen molar-refractivity contribution in [3.05, 3.63) is 67.0 Å². The average molecular weight is 532 g/mol. The van der Waals surface area contributed by atoms with Crippen LogP contribution in [0.3, 0.4) is 0 Å². The molecule has 0 aliphatic heterocycles. The molecule has 36 heavy (non-hydrogen) atoms. The molecule has 0 atom stereocenters. The van der Waals surface area contributed by atoms with Crippen LogP contribution in [-0.4, -0.2) is 40.8 Å². The summed E-state index contributed by atoms with van der Waals surface area (Å²) in [5, 5.41) is 15.1. The number of rotatable bonds is 7. The second kappa shape index (κ2) is 9.88. The number of nitro groups is 1. The van der Waals surface area contributed by atoms with E-state index in [9.17, 15) is 14.9 Å². The third-order valence-electron chi connectivity index (χ3n) is 5.44. The number of nitrogens with zero attached hydrogens (tertiary/aromatic N) is 4. The standard InChI is InChI=1S/C23H19Cl2N5O6/c1-29-21-11(7-13(22(29)31)18-19(24)16(35-3)9-17(36-4)20(18)25)10-26-23(28-21)27-14-6-5-12(34-2)8-15(14)30(32)33/h5-10H,1-4H3,(H,26,27,28). The fourth-order valence-corrected chi connectivity index (χ4v) is 4.33. The lowest BCUT2D eigenvalue weighted by Crippen LogP contribution is -2.20. The number of anilines is 2. The van der Waals surface area contributed by atoms with Crippen LogP contribution in [0.1, 0.15) is 0 Å². The highest BCUT2D eigenvalue weighted by Crippen LogP contribution is 2.45. The molecular weight excluding hydrogens is 513 g/mol. The number of methoxy groups -OCH3 is 3. The Labute approximate surface area is 214 Å². The third kappa shape index (κ3) is 4.34. The van der Waals surface area contributed by atoms with Gasteiger partial charge in [-0.2, -0.15) is 4.98 Å². The highest BCUT2D eigenvalue weighted by molar-refractivity contribution is 6.41. The van der Waals surface area contributed by atoms with Gasteiger partial charge >= 0.3 is 0 Å². The SMILES string of the molecule is COc1ccc(Nc2ncc3cc(-c4c(Cl)c(OC)cc(OC)c4Cl)c(=O)n(C)c3n2)c([N+](=O)[O-])c1. The van der Waals surface area contributed by atoms with Crippen LogP contribution < -0.4 is 25.1 Å². The van der Waals surface area contributed by atoms with Crippen molar-refractivity contribution in [3.63, 3.8) is 0 Å². The number of fused-ring (bicyclic) bond motifs is 1. The average Bonchev–Trinajstić information content (AvgIpc) is 2.87. The Morgan fingerprint density at radius 1 is 1.03 bits per heavy atom. The van der Waals surface area contributed by atoms with Crippen LogP contribution >= 0.6 is 23.2 Å². The van der Waals surface area contributed by atoms with Crippen molar-refractivity contribution >= 4 is 51.6 Å². The summed E-state index contributed by atoms with van der Waals surface area (Å²) in [6.45, 7) is 0. The predicted octanol–water partition coefficient (Wildman–Crippen LogP) is 4.98. The quantitative estimate of drug-likeness (QED) is 0.259. The molecule has 0 spiro atoms. The molecule has 0 fully saturated rings. The van der Waals surface area contributed by atoms with Gasteiger partial charge in [0.05, 0.1) is 47.9 Å². The molecule has 13 heteroatoms. The number of aromatic nitrogens is 3. The predicted molar refractivity (Wildman–Crippen MR) is 136 cm³/mol. The zero-order valence-corrected chi connectivity index (χ0v) is 21.0. The third-order valence-corrected chi connectivity index (χ3v) is 6.19. The first-order valence-electron chi connectivity index (χ1n) is 10.3. The Bertz CT molecular complexity index is 1550. The number of benzene rings is 2. The van der Waals surface area contributed by atoms with Crippen molar-refractivity contribution < 1.29 is 19.1 Å². The smallest absolute Gasteiger partial charge is 0.296 e. The molecule has 0 amide bonds. The summed E-state index contributed by atoms with van der Waals surface area (Å²) in [5.74, 6) is 0.949. The summed E-state index contributed by atoms with van der Waals surface area (Å²) in [6, 6.07) is 7.41. The number of hydrogen-bond acceptors (Lipinski definition) is 9. The molecule has 186 valence electrons. The highest BCUT2D eigenvalue weighted by atomic mass is 35.5. The fraction of sp³-hybridized carbons (Fsp3) is 0.174. The lowest BCUT2D eigenvalue weighted by Gasteiger charge is -2.16. The fourth-order valence-electron chi connectivity index (χ4n) is 3.62. The molecule has 0 aliphatic carbocycles. The van der Waals surface area contributed by atoms with E-state index < -0.39 is 10.5 Å². The maximum atomic E-state index is 13.4. The van der Waals surface area contributed by atoms with Crippen LogP contribution in [0.25, 0.3) is 22.2 Å². The largest absolute Gasteiger partial charge is 0.496 e. The van der Waals surface area contributed by atoms with Crippen LogP contribution in [0.2, 0.25) is 10.0 Å². The Balaban J connectivity index is 1.85.